The standard InChI is InChI=1S/C28H48O3/c1-21(12-8-14-24(4)27(29)30)10-7-11-22(2)13-9-18-28(6,31)19-17-26-16-15-23(3)25(5)20-26/h10,15-16,22,24-25,31H,7-9,11-14,17-20H2,1-6H3,(H,29,30)/b21-10+. The van der Waals surface area contributed by atoms with Gasteiger partial charge in [0.1, 0.15) is 0 Å². The van der Waals surface area contributed by atoms with Crippen molar-refractivity contribution in [1.29, 1.82) is 0 Å². The molecule has 0 aromatic carbocycles. The first-order valence-electron chi connectivity index (χ1n) is 12.5. The first-order valence-corrected chi connectivity index (χ1v) is 12.5. The number of aliphatic hydroxyl groups is 1. The lowest BCUT2D eigenvalue weighted by molar-refractivity contribution is -0.141. The van der Waals surface area contributed by atoms with Crippen molar-refractivity contribution in [1.82, 2.24) is 0 Å². The normalized spacial score (nSPS) is 21.1. The number of carboxylic acids is 1. The molecule has 4 unspecified atom stereocenters. The van der Waals surface area contributed by atoms with Gasteiger partial charge in [0.15, 0.2) is 0 Å². The minimum absolute atomic E-state index is 0.242. The van der Waals surface area contributed by atoms with E-state index in [1.165, 1.54) is 29.6 Å². The van der Waals surface area contributed by atoms with E-state index in [4.69, 9.17) is 5.11 Å². The molecule has 0 aromatic heterocycles. The quantitative estimate of drug-likeness (QED) is 0.259. The summed E-state index contributed by atoms with van der Waals surface area (Å²) in [5.41, 5.74) is 3.75. The number of allylic oxidation sites excluding steroid dienone is 6. The molecular formula is C28H48O3. The van der Waals surface area contributed by atoms with Crippen LogP contribution in [0.2, 0.25) is 0 Å². The second-order valence-corrected chi connectivity index (χ2v) is 10.6. The molecule has 0 saturated carbocycles. The lowest BCUT2D eigenvalue weighted by Crippen LogP contribution is -2.24. The third-order valence-electron chi connectivity index (χ3n) is 7.11. The van der Waals surface area contributed by atoms with Crippen LogP contribution in [0.15, 0.2) is 34.9 Å². The van der Waals surface area contributed by atoms with Crippen LogP contribution in [0.1, 0.15) is 112 Å². The van der Waals surface area contributed by atoms with Crippen LogP contribution in [0, 0.1) is 17.8 Å². The molecule has 0 radical (unpaired) electrons. The van der Waals surface area contributed by atoms with E-state index >= 15 is 0 Å². The Morgan fingerprint density at radius 1 is 1.19 bits per heavy atom. The van der Waals surface area contributed by atoms with Crippen LogP contribution in [-0.2, 0) is 4.79 Å². The molecule has 0 saturated heterocycles. The molecule has 0 spiro atoms. The van der Waals surface area contributed by atoms with Crippen LogP contribution < -0.4 is 0 Å². The summed E-state index contributed by atoms with van der Waals surface area (Å²) in [6.07, 6.45) is 17.9. The number of hydrogen-bond acceptors (Lipinski definition) is 2. The summed E-state index contributed by atoms with van der Waals surface area (Å²) in [5, 5.41) is 19.7. The van der Waals surface area contributed by atoms with Gasteiger partial charge in [-0.2, -0.15) is 0 Å². The Bertz CT molecular complexity index is 639. The van der Waals surface area contributed by atoms with Crippen molar-refractivity contribution in [3.05, 3.63) is 34.9 Å². The van der Waals surface area contributed by atoms with E-state index in [1.54, 1.807) is 6.92 Å². The maximum Gasteiger partial charge on any atom is 0.306 e. The van der Waals surface area contributed by atoms with Gasteiger partial charge in [-0.15, -0.1) is 0 Å². The number of carboxylic acid groups (broad SMARTS) is 1. The van der Waals surface area contributed by atoms with E-state index in [0.717, 1.165) is 57.8 Å². The van der Waals surface area contributed by atoms with Gasteiger partial charge in [-0.3, -0.25) is 4.79 Å². The van der Waals surface area contributed by atoms with E-state index in [1.807, 2.05) is 6.92 Å². The number of rotatable bonds is 15. The topological polar surface area (TPSA) is 57.5 Å². The highest BCUT2D eigenvalue weighted by atomic mass is 16.4. The smallest absolute Gasteiger partial charge is 0.306 e. The second kappa shape index (κ2) is 13.9. The molecule has 0 heterocycles. The van der Waals surface area contributed by atoms with Gasteiger partial charge in [-0.1, -0.05) is 68.6 Å². The lowest BCUT2D eigenvalue weighted by atomic mass is 9.84. The third kappa shape index (κ3) is 12.3. The Morgan fingerprint density at radius 2 is 1.90 bits per heavy atom. The maximum absolute atomic E-state index is 10.9. The van der Waals surface area contributed by atoms with Gasteiger partial charge < -0.3 is 10.2 Å². The Morgan fingerprint density at radius 3 is 2.55 bits per heavy atom. The van der Waals surface area contributed by atoms with Crippen molar-refractivity contribution in [3.8, 4) is 0 Å². The van der Waals surface area contributed by atoms with Gasteiger partial charge in [0.25, 0.3) is 0 Å². The van der Waals surface area contributed by atoms with Crippen molar-refractivity contribution in [2.45, 2.75) is 118 Å². The number of carbonyl (C=O) groups is 1. The molecule has 2 N–H and O–H groups in total. The van der Waals surface area contributed by atoms with Crippen molar-refractivity contribution in [3.63, 3.8) is 0 Å². The molecule has 31 heavy (non-hydrogen) atoms. The summed E-state index contributed by atoms with van der Waals surface area (Å²) in [7, 11) is 0. The van der Waals surface area contributed by atoms with Crippen LogP contribution in [0.5, 0.6) is 0 Å². The van der Waals surface area contributed by atoms with E-state index < -0.39 is 11.6 Å². The van der Waals surface area contributed by atoms with Crippen LogP contribution in [0.3, 0.4) is 0 Å². The predicted molar refractivity (Wildman–Crippen MR) is 132 cm³/mol. The molecule has 0 bridgehead atoms. The number of hydrogen-bond donors (Lipinski definition) is 2. The summed E-state index contributed by atoms with van der Waals surface area (Å²) >= 11 is 0. The fourth-order valence-corrected chi connectivity index (χ4v) is 4.28. The molecule has 3 heteroatoms. The van der Waals surface area contributed by atoms with Crippen molar-refractivity contribution in [2.75, 3.05) is 0 Å². The Labute approximate surface area is 191 Å². The fraction of sp³-hybridized carbons (Fsp3) is 0.750. The van der Waals surface area contributed by atoms with E-state index in [0.29, 0.717) is 11.8 Å². The molecule has 1 aliphatic rings. The monoisotopic (exact) mass is 432 g/mol. The molecule has 0 aromatic rings. The lowest BCUT2D eigenvalue weighted by Gasteiger charge is -2.26. The van der Waals surface area contributed by atoms with E-state index in [2.05, 4.69) is 45.9 Å². The summed E-state index contributed by atoms with van der Waals surface area (Å²) in [5.74, 6) is 0.370. The molecule has 178 valence electrons. The summed E-state index contributed by atoms with van der Waals surface area (Å²) in [4.78, 5) is 10.9. The summed E-state index contributed by atoms with van der Waals surface area (Å²) in [6.45, 7) is 12.8. The van der Waals surface area contributed by atoms with Crippen molar-refractivity contribution >= 4 is 5.97 Å². The van der Waals surface area contributed by atoms with E-state index in [-0.39, 0.29) is 5.92 Å². The van der Waals surface area contributed by atoms with Gasteiger partial charge in [0.05, 0.1) is 11.5 Å². The zero-order valence-corrected chi connectivity index (χ0v) is 21.0. The molecule has 0 aliphatic heterocycles. The first kappa shape index (κ1) is 27.7. The molecule has 3 nitrogen and oxygen atoms in total. The van der Waals surface area contributed by atoms with Gasteiger partial charge in [-0.25, -0.2) is 0 Å². The Balaban J connectivity index is 2.19. The first-order chi connectivity index (χ1) is 14.5. The molecule has 0 amide bonds. The van der Waals surface area contributed by atoms with Crippen LogP contribution in [0.4, 0.5) is 0 Å². The molecule has 1 rings (SSSR count). The largest absolute Gasteiger partial charge is 0.481 e. The maximum atomic E-state index is 10.9. The number of aliphatic carboxylic acids is 1. The summed E-state index contributed by atoms with van der Waals surface area (Å²) < 4.78 is 0. The SMILES string of the molecule is CC1=CC=C(CCC(C)(O)CCCC(C)CC/C=C(\C)CCCC(C)C(=O)O)CC1C. The second-order valence-electron chi connectivity index (χ2n) is 10.6. The zero-order valence-electron chi connectivity index (χ0n) is 21.0. The predicted octanol–water partition coefficient (Wildman–Crippen LogP) is 7.85. The minimum Gasteiger partial charge on any atom is -0.481 e. The molecule has 0 fully saturated rings. The van der Waals surface area contributed by atoms with E-state index in [9.17, 15) is 9.90 Å². The fourth-order valence-electron chi connectivity index (χ4n) is 4.28. The third-order valence-corrected chi connectivity index (χ3v) is 7.11. The van der Waals surface area contributed by atoms with Gasteiger partial charge in [0.2, 0.25) is 0 Å². The van der Waals surface area contributed by atoms with Crippen LogP contribution in [-0.4, -0.2) is 21.8 Å². The van der Waals surface area contributed by atoms with Crippen LogP contribution in [0.25, 0.3) is 0 Å². The Kier molecular flexibility index (Phi) is 12.4. The van der Waals surface area contributed by atoms with Gasteiger partial charge >= 0.3 is 5.97 Å². The average molecular weight is 433 g/mol. The van der Waals surface area contributed by atoms with Crippen molar-refractivity contribution in [2.24, 2.45) is 17.8 Å². The highest BCUT2D eigenvalue weighted by molar-refractivity contribution is 5.69. The van der Waals surface area contributed by atoms with Crippen molar-refractivity contribution < 1.29 is 15.0 Å². The van der Waals surface area contributed by atoms with Gasteiger partial charge in [0, 0.05) is 0 Å². The average Bonchev–Trinajstić information content (AvgIpc) is 2.68. The molecule has 4 atom stereocenters. The van der Waals surface area contributed by atoms with Crippen LogP contribution >= 0.6 is 0 Å². The Hall–Kier alpha value is -1.35. The minimum atomic E-state index is -0.692. The summed E-state index contributed by atoms with van der Waals surface area (Å²) in [6, 6.07) is 0. The van der Waals surface area contributed by atoms with Gasteiger partial charge in [-0.05, 0) is 90.4 Å². The highest BCUT2D eigenvalue weighted by Crippen LogP contribution is 2.30. The molecular weight excluding hydrogens is 384 g/mol. The highest BCUT2D eigenvalue weighted by Gasteiger charge is 2.21. The molecule has 1 aliphatic carbocycles. The zero-order chi connectivity index (χ0) is 23.4.